The summed E-state index contributed by atoms with van der Waals surface area (Å²) in [6, 6.07) is 0. The van der Waals surface area contributed by atoms with Gasteiger partial charge < -0.3 is 19.1 Å². The quantitative estimate of drug-likeness (QED) is 0.123. The molecule has 0 radical (unpaired) electrons. The normalized spacial score (nSPS) is 16.4. The molecule has 3 atom stereocenters. The van der Waals surface area contributed by atoms with E-state index >= 15 is 0 Å². The smallest absolute Gasteiger partial charge is 0.382 e. The van der Waals surface area contributed by atoms with E-state index in [-0.39, 0.29) is 42.9 Å². The third-order valence-corrected chi connectivity index (χ3v) is 5.61. The van der Waals surface area contributed by atoms with E-state index in [2.05, 4.69) is 17.2 Å². The third kappa shape index (κ3) is 9.43. The van der Waals surface area contributed by atoms with Crippen LogP contribution in [-0.2, 0) is 23.3 Å². The second-order valence-corrected chi connectivity index (χ2v) is 10.7. The zero-order chi connectivity index (χ0) is 24.5. The molecule has 1 unspecified atom stereocenters. The molecule has 0 aromatic carbocycles. The van der Waals surface area contributed by atoms with E-state index in [1.165, 1.54) is 13.4 Å². The van der Waals surface area contributed by atoms with Crippen LogP contribution in [0.3, 0.4) is 0 Å². The zero-order valence-electron chi connectivity index (χ0n) is 19.8. The molecule has 1 aromatic heterocycles. The zero-order valence-corrected chi connectivity index (χ0v) is 21.6. The van der Waals surface area contributed by atoms with E-state index in [4.69, 9.17) is 23.7 Å². The number of hydrogen-bond acceptors (Lipinski definition) is 8. The van der Waals surface area contributed by atoms with Crippen molar-refractivity contribution in [3.8, 4) is 0 Å². The van der Waals surface area contributed by atoms with Crippen LogP contribution in [0.1, 0.15) is 57.8 Å². The molecular weight excluding hydrogens is 457 g/mol. The van der Waals surface area contributed by atoms with Gasteiger partial charge in [0.05, 0.1) is 32.3 Å². The Labute approximate surface area is 195 Å². The van der Waals surface area contributed by atoms with Gasteiger partial charge in [-0.05, 0) is 12.8 Å². The number of ether oxygens (including phenoxy) is 3. The Hall–Kier alpha value is -1.07. The number of imidazole rings is 1. The molecule has 32 heavy (non-hydrogen) atoms. The molecule has 0 fully saturated rings. The molecule has 0 saturated heterocycles. The van der Waals surface area contributed by atoms with E-state index in [1.54, 1.807) is 25.5 Å². The fourth-order valence-corrected chi connectivity index (χ4v) is 3.15. The first-order valence-electron chi connectivity index (χ1n) is 10.4. The number of thiol groups is 1. The van der Waals surface area contributed by atoms with Gasteiger partial charge in [-0.1, -0.05) is 39.9 Å². The van der Waals surface area contributed by atoms with Gasteiger partial charge in [-0.25, -0.2) is 14.5 Å². The molecule has 1 heterocycles. The lowest BCUT2D eigenvalue weighted by Crippen LogP contribution is -2.25. The van der Waals surface area contributed by atoms with Gasteiger partial charge in [0.15, 0.2) is 17.3 Å². The molecule has 10 nitrogen and oxygen atoms in total. The number of nitrogens with zero attached hydrogens (tertiary/aromatic N) is 3. The number of rotatable bonds is 15. The van der Waals surface area contributed by atoms with Gasteiger partial charge in [0.1, 0.15) is 6.23 Å². The number of carbonyl (C=O) groups excluding carboxylic acids is 1. The van der Waals surface area contributed by atoms with Crippen molar-refractivity contribution in [2.75, 3.05) is 34.0 Å². The van der Waals surface area contributed by atoms with E-state index in [0.717, 1.165) is 5.71 Å². The van der Waals surface area contributed by atoms with Crippen molar-refractivity contribution in [3.63, 3.8) is 0 Å². The maximum absolute atomic E-state index is 12.8. The first-order valence-corrected chi connectivity index (χ1v) is 13.1. The summed E-state index contributed by atoms with van der Waals surface area (Å²) in [5, 5.41) is 0. The van der Waals surface area contributed by atoms with Gasteiger partial charge in [0.2, 0.25) is 0 Å². The van der Waals surface area contributed by atoms with Crippen molar-refractivity contribution < 1.29 is 33.0 Å². The predicted molar refractivity (Wildman–Crippen MR) is 126 cm³/mol. The highest BCUT2D eigenvalue weighted by atomic mass is 32.7. The molecule has 1 N–H and O–H groups in total. The van der Waals surface area contributed by atoms with Crippen molar-refractivity contribution >= 4 is 36.4 Å². The third-order valence-electron chi connectivity index (χ3n) is 4.78. The fraction of sp³-hybridized carbons (Fsp3) is 0.750. The Kier molecular flexibility index (Phi) is 12.3. The number of Topliss-reactive ketones (excluding diaryl/α,β-unsaturated/α-hetero) is 1. The average molecular weight is 494 g/mol. The predicted octanol–water partition coefficient (Wildman–Crippen LogP) is 4.08. The molecule has 12 heteroatoms. The van der Waals surface area contributed by atoms with Gasteiger partial charge >= 0.3 is 6.80 Å². The lowest BCUT2D eigenvalue weighted by Gasteiger charge is -2.25. The van der Waals surface area contributed by atoms with Crippen molar-refractivity contribution in [2.45, 2.75) is 53.4 Å². The summed E-state index contributed by atoms with van der Waals surface area (Å²) in [6.07, 6.45) is 0.521. The average Bonchev–Trinajstić information content (AvgIpc) is 3.11. The maximum atomic E-state index is 12.8. The summed E-state index contributed by atoms with van der Waals surface area (Å²) >= 11 is 3.53. The Morgan fingerprint density at radius 1 is 1.25 bits per heavy atom. The minimum absolute atomic E-state index is 0.127. The van der Waals surface area contributed by atoms with Gasteiger partial charge in [-0.15, -0.1) is 0 Å². The van der Waals surface area contributed by atoms with Crippen molar-refractivity contribution in [2.24, 2.45) is 16.8 Å². The Morgan fingerprint density at radius 3 is 2.41 bits per heavy atom. The number of carbonyl (C=O) groups is 1. The summed E-state index contributed by atoms with van der Waals surface area (Å²) < 4.78 is 34.5. The maximum Gasteiger partial charge on any atom is 0.383 e. The Bertz CT molecular complexity index is 807. The van der Waals surface area contributed by atoms with E-state index in [0.29, 0.717) is 12.4 Å². The highest BCUT2D eigenvalue weighted by Crippen LogP contribution is 2.47. The Balaban J connectivity index is 3.39. The van der Waals surface area contributed by atoms with Crippen molar-refractivity contribution in [3.05, 3.63) is 12.0 Å². The first kappa shape index (κ1) is 29.0. The largest absolute Gasteiger partial charge is 0.383 e. The Morgan fingerprint density at radius 2 is 1.91 bits per heavy atom. The highest BCUT2D eigenvalue weighted by Gasteiger charge is 2.28. The van der Waals surface area contributed by atoms with Crippen LogP contribution in [0.25, 0.3) is 0 Å². The van der Waals surface area contributed by atoms with Crippen LogP contribution in [0.15, 0.2) is 11.3 Å². The molecular formula is C20H36N3O7PS. The molecule has 0 aliphatic heterocycles. The number of aromatic nitrogens is 2. The summed E-state index contributed by atoms with van der Waals surface area (Å²) in [4.78, 5) is 31.2. The molecule has 1 rings (SSSR count). The second-order valence-electron chi connectivity index (χ2n) is 7.95. The van der Waals surface area contributed by atoms with Crippen LogP contribution >= 0.6 is 19.0 Å². The summed E-state index contributed by atoms with van der Waals surface area (Å²) in [7, 11) is 3.03. The second kappa shape index (κ2) is 13.6. The van der Waals surface area contributed by atoms with Crippen molar-refractivity contribution in [1.82, 2.24) is 9.55 Å². The lowest BCUT2D eigenvalue weighted by molar-refractivity contribution is -0.0617. The van der Waals surface area contributed by atoms with E-state index in [1.807, 2.05) is 20.8 Å². The highest BCUT2D eigenvalue weighted by molar-refractivity contribution is 8.44. The van der Waals surface area contributed by atoms with Crippen LogP contribution in [0.5, 0.6) is 0 Å². The topological polar surface area (TPSA) is 121 Å². The van der Waals surface area contributed by atoms with Crippen LogP contribution in [0, 0.1) is 11.8 Å². The molecule has 0 aliphatic rings. The molecule has 0 spiro atoms. The molecule has 1 aromatic rings. The van der Waals surface area contributed by atoms with Crippen LogP contribution in [0.2, 0.25) is 0 Å². The van der Waals surface area contributed by atoms with E-state index < -0.39 is 19.1 Å². The molecule has 184 valence electrons. The van der Waals surface area contributed by atoms with Gasteiger partial charge in [-0.3, -0.25) is 13.9 Å². The van der Waals surface area contributed by atoms with Crippen molar-refractivity contribution in [1.29, 1.82) is 0 Å². The molecule has 0 bridgehead atoms. The first-order chi connectivity index (χ1) is 14.9. The molecule has 0 saturated carbocycles. The monoisotopic (exact) mass is 493 g/mol. The number of methoxy groups -OCH3 is 2. The standard InChI is InChI=1S/C20H36N3O7PS/c1-13(2)15(5)22-20-18(19(24)14(3)4)21-12-23(20)17(29-9-8-27-6)10-16(28-7)11-30-31(25,26)32/h12-14,16-17H,8-11H2,1-7H3,(H2,25,26,32)/b22-15+/t16-,17-/m0/s1. The minimum atomic E-state index is -3.97. The fourth-order valence-electron chi connectivity index (χ4n) is 2.59. The number of ketones is 1. The van der Waals surface area contributed by atoms with Gasteiger partial charge in [0.25, 0.3) is 0 Å². The summed E-state index contributed by atoms with van der Waals surface area (Å²) in [6.45, 7) is 6.01. The lowest BCUT2D eigenvalue weighted by atomic mass is 10.1. The SMILES string of the molecule is COCCO[C@@H](C[C@@H](COP(=O)(O)S)OC)n1cnc(C(=O)C(C)C)c1/N=C(\C)C(C)C. The summed E-state index contributed by atoms with van der Waals surface area (Å²) in [5.41, 5.74) is 1.10. The number of hydrogen-bond donors (Lipinski definition) is 2. The number of aliphatic imine (C=N–C) groups is 1. The molecule has 0 amide bonds. The molecule has 0 aliphatic carbocycles. The van der Waals surface area contributed by atoms with E-state index in [9.17, 15) is 14.3 Å². The van der Waals surface area contributed by atoms with Crippen LogP contribution in [-0.4, -0.2) is 66.1 Å². The van der Waals surface area contributed by atoms with Gasteiger partial charge in [-0.2, -0.15) is 0 Å². The van der Waals surface area contributed by atoms with Gasteiger partial charge in [0, 0.05) is 32.3 Å². The van der Waals surface area contributed by atoms with Crippen LogP contribution in [0.4, 0.5) is 5.82 Å². The minimum Gasteiger partial charge on any atom is -0.382 e. The van der Waals surface area contributed by atoms with Crippen LogP contribution < -0.4 is 0 Å². The summed E-state index contributed by atoms with van der Waals surface area (Å²) in [5.74, 6) is 0.184.